The molecule has 0 saturated carbocycles. The van der Waals surface area contributed by atoms with Crippen LogP contribution in [0.3, 0.4) is 0 Å². The van der Waals surface area contributed by atoms with E-state index in [1.165, 1.54) is 17.0 Å². The maximum atomic E-state index is 14.0. The van der Waals surface area contributed by atoms with Crippen molar-refractivity contribution in [3.8, 4) is 0 Å². The summed E-state index contributed by atoms with van der Waals surface area (Å²) in [5, 5.41) is 3.57. The molecule has 10 heteroatoms. The van der Waals surface area contributed by atoms with E-state index in [2.05, 4.69) is 5.32 Å². The van der Waals surface area contributed by atoms with Gasteiger partial charge in [0.1, 0.15) is 12.6 Å². The summed E-state index contributed by atoms with van der Waals surface area (Å²) >= 11 is 12.8. The number of halogens is 2. The van der Waals surface area contributed by atoms with Crippen molar-refractivity contribution in [1.82, 2.24) is 10.2 Å². The molecule has 0 spiro atoms. The molecule has 3 aromatic carbocycles. The van der Waals surface area contributed by atoms with Gasteiger partial charge < -0.3 is 10.2 Å². The van der Waals surface area contributed by atoms with Crippen LogP contribution in [0.4, 0.5) is 5.69 Å². The summed E-state index contributed by atoms with van der Waals surface area (Å²) in [5.41, 5.74) is 1.62. The van der Waals surface area contributed by atoms with E-state index in [9.17, 15) is 18.0 Å². The van der Waals surface area contributed by atoms with Crippen molar-refractivity contribution >= 4 is 50.7 Å². The molecule has 3 aromatic rings. The Hall–Kier alpha value is -3.07. The maximum absolute atomic E-state index is 14.0. The monoisotopic (exact) mass is 589 g/mol. The Morgan fingerprint density at radius 3 is 2.13 bits per heavy atom. The highest BCUT2D eigenvalue weighted by Crippen LogP contribution is 2.28. The first-order valence-electron chi connectivity index (χ1n) is 12.6. The molecule has 0 heterocycles. The van der Waals surface area contributed by atoms with E-state index in [0.29, 0.717) is 27.7 Å². The highest BCUT2D eigenvalue weighted by atomic mass is 35.5. The van der Waals surface area contributed by atoms with Crippen LogP contribution in [-0.2, 0) is 26.2 Å². The number of sulfonamides is 1. The fourth-order valence-electron chi connectivity index (χ4n) is 3.93. The Bertz CT molecular complexity index is 1400. The second-order valence-corrected chi connectivity index (χ2v) is 12.1. The lowest BCUT2D eigenvalue weighted by molar-refractivity contribution is -0.139. The van der Waals surface area contributed by atoms with E-state index in [4.69, 9.17) is 23.2 Å². The van der Waals surface area contributed by atoms with Crippen LogP contribution < -0.4 is 9.62 Å². The summed E-state index contributed by atoms with van der Waals surface area (Å²) in [4.78, 5) is 28.5. The third kappa shape index (κ3) is 7.53. The first kappa shape index (κ1) is 30.5. The first-order valence-corrected chi connectivity index (χ1v) is 14.8. The molecule has 3 rings (SSSR count). The molecule has 2 amide bonds. The molecular weight excluding hydrogens is 557 g/mol. The smallest absolute Gasteiger partial charge is 0.264 e. The van der Waals surface area contributed by atoms with E-state index >= 15 is 0 Å². The largest absolute Gasteiger partial charge is 0.352 e. The van der Waals surface area contributed by atoms with E-state index in [-0.39, 0.29) is 23.4 Å². The lowest BCUT2D eigenvalue weighted by Gasteiger charge is -2.33. The van der Waals surface area contributed by atoms with Gasteiger partial charge in [0.25, 0.3) is 10.0 Å². The number of aryl methyl sites for hydroxylation is 1. The number of amides is 2. The SMILES string of the molecule is CC[C@@H](C)NC(=O)[C@@H](C)N(Cc1c(Cl)cccc1Cl)C(=O)CN(c1cccc(C)c1)S(=O)(=O)c1ccccc1. The van der Waals surface area contributed by atoms with Gasteiger partial charge in [0, 0.05) is 28.2 Å². The van der Waals surface area contributed by atoms with Gasteiger partial charge in [-0.3, -0.25) is 13.9 Å². The van der Waals surface area contributed by atoms with Crippen LogP contribution in [0.25, 0.3) is 0 Å². The molecule has 0 saturated heterocycles. The van der Waals surface area contributed by atoms with Gasteiger partial charge in [-0.15, -0.1) is 0 Å². The number of rotatable bonds is 11. The molecule has 0 aliphatic rings. The summed E-state index contributed by atoms with van der Waals surface area (Å²) in [7, 11) is -4.12. The van der Waals surface area contributed by atoms with Gasteiger partial charge in [-0.1, -0.05) is 66.5 Å². The minimum absolute atomic E-state index is 0.0440. The quantitative estimate of drug-likeness (QED) is 0.305. The summed E-state index contributed by atoms with van der Waals surface area (Å²) in [5.74, 6) is -0.951. The molecule has 208 valence electrons. The normalized spacial score (nSPS) is 12.9. The zero-order valence-corrected chi connectivity index (χ0v) is 24.7. The number of hydrogen-bond acceptors (Lipinski definition) is 4. The van der Waals surface area contributed by atoms with Crippen molar-refractivity contribution in [2.75, 3.05) is 10.8 Å². The average molecular weight is 591 g/mol. The van der Waals surface area contributed by atoms with E-state index in [0.717, 1.165) is 9.87 Å². The molecule has 39 heavy (non-hydrogen) atoms. The molecule has 0 radical (unpaired) electrons. The molecule has 1 N–H and O–H groups in total. The highest BCUT2D eigenvalue weighted by Gasteiger charge is 2.33. The van der Waals surface area contributed by atoms with Crippen molar-refractivity contribution in [2.45, 2.75) is 57.6 Å². The molecule has 0 unspecified atom stereocenters. The number of carbonyl (C=O) groups is 2. The molecular formula is C29H33Cl2N3O4S. The number of anilines is 1. The predicted molar refractivity (Wildman–Crippen MR) is 157 cm³/mol. The van der Waals surface area contributed by atoms with Crippen LogP contribution in [0.2, 0.25) is 10.0 Å². The van der Waals surface area contributed by atoms with E-state index in [1.807, 2.05) is 26.8 Å². The third-order valence-corrected chi connectivity index (χ3v) is 8.95. The Morgan fingerprint density at radius 1 is 0.923 bits per heavy atom. The number of carbonyl (C=O) groups excluding carboxylic acids is 2. The summed E-state index contributed by atoms with van der Waals surface area (Å²) in [6, 6.07) is 18.8. The summed E-state index contributed by atoms with van der Waals surface area (Å²) in [6.45, 7) is 6.63. The Balaban J connectivity index is 2.06. The van der Waals surface area contributed by atoms with Crippen molar-refractivity contribution < 1.29 is 18.0 Å². The van der Waals surface area contributed by atoms with Crippen LogP contribution in [0.5, 0.6) is 0 Å². The van der Waals surface area contributed by atoms with Gasteiger partial charge >= 0.3 is 0 Å². The van der Waals surface area contributed by atoms with Gasteiger partial charge in [0.2, 0.25) is 11.8 Å². The summed E-state index contributed by atoms with van der Waals surface area (Å²) in [6.07, 6.45) is 0.708. The lowest BCUT2D eigenvalue weighted by atomic mass is 10.1. The topological polar surface area (TPSA) is 86.8 Å². The van der Waals surface area contributed by atoms with Gasteiger partial charge in [-0.25, -0.2) is 8.42 Å². The second kappa shape index (κ2) is 13.3. The number of nitrogens with one attached hydrogen (secondary N) is 1. The fourth-order valence-corrected chi connectivity index (χ4v) is 5.88. The second-order valence-electron chi connectivity index (χ2n) is 9.38. The predicted octanol–water partition coefficient (Wildman–Crippen LogP) is 5.83. The zero-order valence-electron chi connectivity index (χ0n) is 22.4. The number of nitrogens with zero attached hydrogens (tertiary/aromatic N) is 2. The van der Waals surface area contributed by atoms with Gasteiger partial charge in [-0.2, -0.15) is 0 Å². The first-order chi connectivity index (χ1) is 18.4. The molecule has 0 aromatic heterocycles. The Morgan fingerprint density at radius 2 is 1.54 bits per heavy atom. The zero-order chi connectivity index (χ0) is 28.7. The average Bonchev–Trinajstić information content (AvgIpc) is 2.91. The standard InChI is InChI=1S/C29H33Cl2N3O4S/c1-5-21(3)32-29(36)22(4)33(18-25-26(30)15-10-16-27(25)31)28(35)19-34(23-12-9-11-20(2)17-23)39(37,38)24-13-7-6-8-14-24/h6-17,21-22H,5,18-19H2,1-4H3,(H,32,36)/t21-,22-/m1/s1. The molecule has 2 atom stereocenters. The molecule has 0 bridgehead atoms. The van der Waals surface area contributed by atoms with Gasteiger partial charge in [0.05, 0.1) is 10.6 Å². The molecule has 0 aliphatic carbocycles. The third-order valence-electron chi connectivity index (χ3n) is 6.46. The Kier molecular flexibility index (Phi) is 10.4. The maximum Gasteiger partial charge on any atom is 0.264 e. The minimum Gasteiger partial charge on any atom is -0.352 e. The fraction of sp³-hybridized carbons (Fsp3) is 0.310. The van der Waals surface area contributed by atoms with Crippen molar-refractivity contribution in [2.24, 2.45) is 0 Å². The van der Waals surface area contributed by atoms with Crippen LogP contribution in [0, 0.1) is 6.92 Å². The lowest BCUT2D eigenvalue weighted by Crippen LogP contribution is -2.52. The van der Waals surface area contributed by atoms with Gasteiger partial charge in [0.15, 0.2) is 0 Å². The van der Waals surface area contributed by atoms with E-state index in [1.54, 1.807) is 61.5 Å². The number of hydrogen-bond donors (Lipinski definition) is 1. The Labute approximate surface area is 240 Å². The van der Waals surface area contributed by atoms with E-state index < -0.39 is 28.5 Å². The van der Waals surface area contributed by atoms with Crippen molar-refractivity contribution in [3.05, 3.63) is 94.0 Å². The highest BCUT2D eigenvalue weighted by molar-refractivity contribution is 7.92. The van der Waals surface area contributed by atoms with Crippen LogP contribution in [0.1, 0.15) is 38.3 Å². The van der Waals surface area contributed by atoms with Crippen LogP contribution in [-0.4, -0.2) is 43.8 Å². The molecule has 0 fully saturated rings. The van der Waals surface area contributed by atoms with Crippen LogP contribution >= 0.6 is 23.2 Å². The number of benzene rings is 3. The minimum atomic E-state index is -4.12. The molecule has 0 aliphatic heterocycles. The van der Waals surface area contributed by atoms with Gasteiger partial charge in [-0.05, 0) is 69.2 Å². The molecule has 7 nitrogen and oxygen atoms in total. The summed E-state index contributed by atoms with van der Waals surface area (Å²) < 4.78 is 28.6. The van der Waals surface area contributed by atoms with Crippen molar-refractivity contribution in [3.63, 3.8) is 0 Å². The van der Waals surface area contributed by atoms with Crippen LogP contribution in [0.15, 0.2) is 77.7 Å². The van der Waals surface area contributed by atoms with Crippen molar-refractivity contribution in [1.29, 1.82) is 0 Å².